The smallest absolute Gasteiger partial charge is 0.335 e. The van der Waals surface area contributed by atoms with Crippen LogP contribution in [0.2, 0.25) is 0 Å². The van der Waals surface area contributed by atoms with Gasteiger partial charge >= 0.3 is 5.63 Å². The van der Waals surface area contributed by atoms with Gasteiger partial charge in [0.1, 0.15) is 0 Å². The molecule has 0 amide bonds. The quantitative estimate of drug-likeness (QED) is 0.706. The Morgan fingerprint density at radius 2 is 1.96 bits per heavy atom. The molecule has 0 bridgehead atoms. The Balaban J connectivity index is 1.45. The Morgan fingerprint density at radius 3 is 2.74 bits per heavy atom. The van der Waals surface area contributed by atoms with E-state index in [9.17, 15) is 9.90 Å². The molecule has 3 fully saturated rings. The van der Waals surface area contributed by atoms with Crippen molar-refractivity contribution in [2.24, 2.45) is 28.6 Å². The van der Waals surface area contributed by atoms with Gasteiger partial charge in [-0.1, -0.05) is 25.5 Å². The zero-order valence-electron chi connectivity index (χ0n) is 16.6. The zero-order chi connectivity index (χ0) is 18.8. The second-order valence-corrected chi connectivity index (χ2v) is 10.2. The van der Waals surface area contributed by atoms with Crippen LogP contribution < -0.4 is 5.63 Å². The van der Waals surface area contributed by atoms with Gasteiger partial charge in [0.25, 0.3) is 0 Å². The highest BCUT2D eigenvalue weighted by molar-refractivity contribution is 5.36. The third-order valence-electron chi connectivity index (χ3n) is 9.17. The lowest BCUT2D eigenvalue weighted by Gasteiger charge is -2.59. The second kappa shape index (κ2) is 6.07. The van der Waals surface area contributed by atoms with Gasteiger partial charge < -0.3 is 9.52 Å². The van der Waals surface area contributed by atoms with E-state index >= 15 is 0 Å². The van der Waals surface area contributed by atoms with E-state index in [2.05, 4.69) is 19.9 Å². The van der Waals surface area contributed by atoms with Gasteiger partial charge in [0.2, 0.25) is 0 Å². The van der Waals surface area contributed by atoms with Crippen LogP contribution in [0.4, 0.5) is 0 Å². The lowest BCUT2D eigenvalue weighted by molar-refractivity contribution is -0.0823. The van der Waals surface area contributed by atoms with E-state index in [0.29, 0.717) is 23.2 Å². The fraction of sp³-hybridized carbons (Fsp3) is 0.708. The zero-order valence-corrected chi connectivity index (χ0v) is 16.6. The van der Waals surface area contributed by atoms with E-state index in [1.807, 2.05) is 6.07 Å². The van der Waals surface area contributed by atoms with E-state index < -0.39 is 0 Å². The Labute approximate surface area is 161 Å². The minimum Gasteiger partial charge on any atom is -0.431 e. The van der Waals surface area contributed by atoms with Crippen LogP contribution >= 0.6 is 0 Å². The fourth-order valence-corrected chi connectivity index (χ4v) is 7.64. The number of hydrogen-bond donors (Lipinski definition) is 1. The molecule has 0 unspecified atom stereocenters. The monoisotopic (exact) mass is 368 g/mol. The Kier molecular flexibility index (Phi) is 3.99. The summed E-state index contributed by atoms with van der Waals surface area (Å²) in [7, 11) is 0. The van der Waals surface area contributed by atoms with E-state index in [0.717, 1.165) is 25.2 Å². The summed E-state index contributed by atoms with van der Waals surface area (Å²) >= 11 is 0. The van der Waals surface area contributed by atoms with Gasteiger partial charge in [-0.2, -0.15) is 0 Å². The molecule has 1 heterocycles. The van der Waals surface area contributed by atoms with Crippen molar-refractivity contribution < 1.29 is 9.52 Å². The van der Waals surface area contributed by atoms with Gasteiger partial charge in [-0.05, 0) is 97.5 Å². The molecule has 1 aromatic heterocycles. The lowest BCUT2D eigenvalue weighted by Crippen LogP contribution is -2.51. The Bertz CT molecular complexity index is 803. The highest BCUT2D eigenvalue weighted by Crippen LogP contribution is 2.67. The van der Waals surface area contributed by atoms with E-state index in [1.54, 1.807) is 17.9 Å². The third-order valence-corrected chi connectivity index (χ3v) is 9.17. The first kappa shape index (κ1) is 17.7. The van der Waals surface area contributed by atoms with Gasteiger partial charge in [0, 0.05) is 6.07 Å². The molecule has 3 heteroatoms. The van der Waals surface area contributed by atoms with Crippen molar-refractivity contribution in [3.05, 3.63) is 46.0 Å². The summed E-state index contributed by atoms with van der Waals surface area (Å²) < 4.78 is 5.20. The molecule has 1 N–H and O–H groups in total. The second-order valence-electron chi connectivity index (χ2n) is 10.2. The predicted octanol–water partition coefficient (Wildman–Crippen LogP) is 5.05. The average molecular weight is 369 g/mol. The van der Waals surface area contributed by atoms with Crippen LogP contribution in [0.25, 0.3) is 0 Å². The number of aliphatic hydroxyl groups is 1. The van der Waals surface area contributed by atoms with Crippen LogP contribution in [0.15, 0.2) is 39.3 Å². The third kappa shape index (κ3) is 2.53. The molecule has 5 rings (SSSR count). The molecule has 0 radical (unpaired) electrons. The topological polar surface area (TPSA) is 50.4 Å². The van der Waals surface area contributed by atoms with E-state index in [-0.39, 0.29) is 17.1 Å². The molecule has 7 atom stereocenters. The largest absolute Gasteiger partial charge is 0.431 e. The normalized spacial score (nSPS) is 46.2. The van der Waals surface area contributed by atoms with Crippen molar-refractivity contribution in [3.63, 3.8) is 0 Å². The average Bonchev–Trinajstić information content (AvgIpc) is 3.00. The van der Waals surface area contributed by atoms with Crippen LogP contribution in [0.1, 0.15) is 76.7 Å². The minimum absolute atomic E-state index is 0.0729. The SMILES string of the molecule is C[C@]12CC[C@@H](O)C[C@H]1CC[C@H]1C3=CC[C@H](c4ccc(=O)oc4)[C@@]3(C)CC[C@@H]12. The standard InChI is InChI=1S/C24H32O3/c1-23-11-9-17(25)13-16(23)4-5-18-20-7-6-19(15-3-8-22(26)27-14-15)24(20,2)12-10-21(18)23/h3,7-8,14,16-19,21,25H,4-6,9-13H2,1-2H3/t16-,17-,18+,19-,21+,23+,24-/m1/s1. The first-order valence-corrected chi connectivity index (χ1v) is 10.9. The van der Waals surface area contributed by atoms with Crippen molar-refractivity contribution in [1.29, 1.82) is 0 Å². The lowest BCUT2D eigenvalue weighted by atomic mass is 9.46. The van der Waals surface area contributed by atoms with Gasteiger partial charge in [-0.25, -0.2) is 4.79 Å². The summed E-state index contributed by atoms with van der Waals surface area (Å²) in [6, 6.07) is 3.55. The summed E-state index contributed by atoms with van der Waals surface area (Å²) in [6.45, 7) is 4.98. The number of fused-ring (bicyclic) bond motifs is 5. The Morgan fingerprint density at radius 1 is 1.11 bits per heavy atom. The molecular weight excluding hydrogens is 336 g/mol. The molecule has 4 aliphatic carbocycles. The highest BCUT2D eigenvalue weighted by Gasteiger charge is 2.57. The van der Waals surface area contributed by atoms with E-state index in [4.69, 9.17) is 4.42 Å². The number of rotatable bonds is 1. The van der Waals surface area contributed by atoms with Crippen LogP contribution in [0.3, 0.4) is 0 Å². The number of allylic oxidation sites excluding steroid dienone is 2. The van der Waals surface area contributed by atoms with Crippen LogP contribution in [0.5, 0.6) is 0 Å². The van der Waals surface area contributed by atoms with Gasteiger partial charge in [0.05, 0.1) is 12.4 Å². The van der Waals surface area contributed by atoms with Gasteiger partial charge in [-0.15, -0.1) is 0 Å². The molecular formula is C24H32O3. The molecule has 0 aromatic carbocycles. The first-order chi connectivity index (χ1) is 12.9. The van der Waals surface area contributed by atoms with Crippen LogP contribution in [-0.2, 0) is 0 Å². The molecule has 1 aromatic rings. The number of hydrogen-bond acceptors (Lipinski definition) is 3. The maximum absolute atomic E-state index is 11.4. The number of aliphatic hydroxyl groups excluding tert-OH is 1. The molecule has 27 heavy (non-hydrogen) atoms. The minimum atomic E-state index is -0.260. The molecule has 4 aliphatic rings. The van der Waals surface area contributed by atoms with Crippen molar-refractivity contribution in [3.8, 4) is 0 Å². The van der Waals surface area contributed by atoms with Crippen molar-refractivity contribution >= 4 is 0 Å². The molecule has 0 aliphatic heterocycles. The molecule has 3 saturated carbocycles. The molecule has 146 valence electrons. The highest BCUT2D eigenvalue weighted by atomic mass is 16.4. The molecule has 0 saturated heterocycles. The van der Waals surface area contributed by atoms with E-state index in [1.165, 1.54) is 37.7 Å². The van der Waals surface area contributed by atoms with Crippen LogP contribution in [-0.4, -0.2) is 11.2 Å². The van der Waals surface area contributed by atoms with Crippen molar-refractivity contribution in [2.75, 3.05) is 0 Å². The first-order valence-electron chi connectivity index (χ1n) is 10.9. The van der Waals surface area contributed by atoms with Gasteiger partial charge in [0.15, 0.2) is 0 Å². The summed E-state index contributed by atoms with van der Waals surface area (Å²) in [5.74, 6) is 2.63. The summed E-state index contributed by atoms with van der Waals surface area (Å²) in [5.41, 5.74) is 3.23. The summed E-state index contributed by atoms with van der Waals surface area (Å²) in [6.07, 6.45) is 13.5. The maximum atomic E-state index is 11.4. The van der Waals surface area contributed by atoms with Gasteiger partial charge in [-0.3, -0.25) is 0 Å². The Hall–Kier alpha value is -1.35. The summed E-state index contributed by atoms with van der Waals surface area (Å²) in [4.78, 5) is 11.4. The predicted molar refractivity (Wildman–Crippen MR) is 105 cm³/mol. The molecule has 3 nitrogen and oxygen atoms in total. The molecule has 0 spiro atoms. The van der Waals surface area contributed by atoms with Crippen LogP contribution in [0, 0.1) is 28.6 Å². The van der Waals surface area contributed by atoms with Crippen molar-refractivity contribution in [1.82, 2.24) is 0 Å². The fourth-order valence-electron chi connectivity index (χ4n) is 7.64. The van der Waals surface area contributed by atoms with Crippen molar-refractivity contribution in [2.45, 2.75) is 77.2 Å². The maximum Gasteiger partial charge on any atom is 0.335 e. The summed E-state index contributed by atoms with van der Waals surface area (Å²) in [5, 5.41) is 10.2.